The molecule has 0 aliphatic carbocycles. The molecule has 2 rings (SSSR count). The molecule has 1 unspecified atom stereocenters. The van der Waals surface area contributed by atoms with Gasteiger partial charge in [0.15, 0.2) is 0 Å². The molecule has 0 saturated carbocycles. The molecule has 24 heavy (non-hydrogen) atoms. The van der Waals surface area contributed by atoms with Crippen LogP contribution in [0.2, 0.25) is 0 Å². The Kier molecular flexibility index (Phi) is 5.32. The molecule has 0 aliphatic rings. The van der Waals surface area contributed by atoms with Crippen LogP contribution in [-0.2, 0) is 11.2 Å². The fourth-order valence-corrected chi connectivity index (χ4v) is 2.96. The number of aryl methyl sites for hydroxylation is 2. The minimum Gasteiger partial charge on any atom is -0.496 e. The van der Waals surface area contributed by atoms with Crippen LogP contribution in [0.25, 0.3) is 0 Å². The Labute approximate surface area is 144 Å². The van der Waals surface area contributed by atoms with Crippen molar-refractivity contribution >= 4 is 5.91 Å². The second kappa shape index (κ2) is 7.07. The van der Waals surface area contributed by atoms with E-state index in [4.69, 9.17) is 4.74 Å². The Balaban J connectivity index is 2.10. The first-order valence-corrected chi connectivity index (χ1v) is 8.20. The van der Waals surface area contributed by atoms with E-state index >= 15 is 0 Å². The third-order valence-electron chi connectivity index (χ3n) is 4.08. The molecule has 130 valence electrons. The van der Waals surface area contributed by atoms with Crippen LogP contribution in [0.1, 0.15) is 43.8 Å². The van der Waals surface area contributed by atoms with Crippen molar-refractivity contribution in [2.45, 2.75) is 52.6 Å². The summed E-state index contributed by atoms with van der Waals surface area (Å²) in [5, 5.41) is 7.54. The highest BCUT2D eigenvalue weighted by Gasteiger charge is 2.26. The number of amides is 1. The molecular formula is C19H27N3O2. The molecule has 1 heterocycles. The van der Waals surface area contributed by atoms with Crippen molar-refractivity contribution in [2.24, 2.45) is 0 Å². The molecule has 0 saturated heterocycles. The van der Waals surface area contributed by atoms with Crippen molar-refractivity contribution in [2.75, 3.05) is 7.11 Å². The van der Waals surface area contributed by atoms with Gasteiger partial charge in [0, 0.05) is 11.2 Å². The molecule has 1 aromatic carbocycles. The molecule has 5 heteroatoms. The van der Waals surface area contributed by atoms with E-state index in [1.54, 1.807) is 11.8 Å². The van der Waals surface area contributed by atoms with Gasteiger partial charge in [-0.1, -0.05) is 18.2 Å². The van der Waals surface area contributed by atoms with E-state index in [1.165, 1.54) is 0 Å². The number of rotatable bonds is 6. The zero-order chi connectivity index (χ0) is 17.9. The van der Waals surface area contributed by atoms with Crippen molar-refractivity contribution in [3.05, 3.63) is 47.3 Å². The molecule has 5 nitrogen and oxygen atoms in total. The maximum absolute atomic E-state index is 12.7. The van der Waals surface area contributed by atoms with Gasteiger partial charge in [-0.2, -0.15) is 5.10 Å². The number of nitrogens with one attached hydrogen (secondary N) is 1. The quantitative estimate of drug-likeness (QED) is 0.885. The number of ether oxygens (including phenoxy) is 1. The number of hydrogen-bond acceptors (Lipinski definition) is 3. The number of aromatic nitrogens is 2. The highest BCUT2D eigenvalue weighted by molar-refractivity contribution is 5.80. The molecule has 1 amide bonds. The van der Waals surface area contributed by atoms with Gasteiger partial charge in [0.25, 0.3) is 0 Å². The predicted octanol–water partition coefficient (Wildman–Crippen LogP) is 3.21. The molecule has 1 aromatic heterocycles. The third kappa shape index (κ3) is 4.16. The van der Waals surface area contributed by atoms with Crippen molar-refractivity contribution < 1.29 is 9.53 Å². The third-order valence-corrected chi connectivity index (χ3v) is 4.08. The van der Waals surface area contributed by atoms with Crippen molar-refractivity contribution in [3.8, 4) is 5.75 Å². The van der Waals surface area contributed by atoms with Crippen LogP contribution in [0.15, 0.2) is 30.3 Å². The van der Waals surface area contributed by atoms with Crippen LogP contribution in [0.3, 0.4) is 0 Å². The van der Waals surface area contributed by atoms with Crippen LogP contribution < -0.4 is 10.1 Å². The average Bonchev–Trinajstić information content (AvgIpc) is 2.84. The van der Waals surface area contributed by atoms with Crippen molar-refractivity contribution in [3.63, 3.8) is 0 Å². The number of carbonyl (C=O) groups excluding carboxylic acids is 1. The second-order valence-electron chi connectivity index (χ2n) is 6.91. The summed E-state index contributed by atoms with van der Waals surface area (Å²) < 4.78 is 7.17. The van der Waals surface area contributed by atoms with Gasteiger partial charge in [0.2, 0.25) is 5.91 Å². The van der Waals surface area contributed by atoms with Crippen LogP contribution in [-0.4, -0.2) is 28.3 Å². The minimum absolute atomic E-state index is 0.0407. The SMILES string of the molecule is COc1ccccc1CC(C)(C)NC(=O)C(C)n1nc(C)cc1C. The van der Waals surface area contributed by atoms with Gasteiger partial charge in [-0.15, -0.1) is 0 Å². The highest BCUT2D eigenvalue weighted by atomic mass is 16.5. The molecule has 0 bridgehead atoms. The molecular weight excluding hydrogens is 302 g/mol. The van der Waals surface area contributed by atoms with Crippen molar-refractivity contribution in [1.29, 1.82) is 0 Å². The van der Waals surface area contributed by atoms with Gasteiger partial charge >= 0.3 is 0 Å². The van der Waals surface area contributed by atoms with Crippen LogP contribution in [0.5, 0.6) is 5.75 Å². The topological polar surface area (TPSA) is 56.1 Å². The molecule has 0 radical (unpaired) electrons. The zero-order valence-corrected chi connectivity index (χ0v) is 15.4. The van der Waals surface area contributed by atoms with Crippen molar-refractivity contribution in [1.82, 2.24) is 15.1 Å². The zero-order valence-electron chi connectivity index (χ0n) is 15.4. The second-order valence-corrected chi connectivity index (χ2v) is 6.91. The summed E-state index contributed by atoms with van der Waals surface area (Å²) in [7, 11) is 1.66. The van der Waals surface area contributed by atoms with Crippen LogP contribution >= 0.6 is 0 Å². The normalized spacial score (nSPS) is 12.8. The largest absolute Gasteiger partial charge is 0.496 e. The Bertz CT molecular complexity index is 719. The molecule has 2 aromatic rings. The first-order valence-electron chi connectivity index (χ1n) is 8.20. The van der Waals surface area contributed by atoms with E-state index in [9.17, 15) is 4.79 Å². The van der Waals surface area contributed by atoms with Gasteiger partial charge in [-0.25, -0.2) is 0 Å². The van der Waals surface area contributed by atoms with Gasteiger partial charge < -0.3 is 10.1 Å². The summed E-state index contributed by atoms with van der Waals surface area (Å²) in [5.41, 5.74) is 2.58. The molecule has 0 spiro atoms. The summed E-state index contributed by atoms with van der Waals surface area (Å²) in [6, 6.07) is 9.51. The average molecular weight is 329 g/mol. The summed E-state index contributed by atoms with van der Waals surface area (Å²) in [6.45, 7) is 9.80. The fraction of sp³-hybridized carbons (Fsp3) is 0.474. The van der Waals surface area contributed by atoms with Crippen LogP contribution in [0, 0.1) is 13.8 Å². The monoisotopic (exact) mass is 329 g/mol. The van der Waals surface area contributed by atoms with Crippen LogP contribution in [0.4, 0.5) is 0 Å². The number of para-hydroxylation sites is 1. The van der Waals surface area contributed by atoms with E-state index in [-0.39, 0.29) is 11.9 Å². The Morgan fingerprint density at radius 1 is 1.33 bits per heavy atom. The molecule has 1 atom stereocenters. The molecule has 1 N–H and O–H groups in total. The lowest BCUT2D eigenvalue weighted by Crippen LogP contribution is -2.47. The number of benzene rings is 1. The first-order chi connectivity index (χ1) is 11.2. The number of hydrogen-bond donors (Lipinski definition) is 1. The smallest absolute Gasteiger partial charge is 0.245 e. The molecule has 0 fully saturated rings. The number of carbonyl (C=O) groups is 1. The minimum atomic E-state index is -0.393. The van der Waals surface area contributed by atoms with Gasteiger partial charge in [-0.3, -0.25) is 9.48 Å². The Morgan fingerprint density at radius 3 is 2.58 bits per heavy atom. The number of nitrogens with zero attached hydrogens (tertiary/aromatic N) is 2. The Hall–Kier alpha value is -2.30. The van der Waals surface area contributed by atoms with E-state index in [0.29, 0.717) is 6.42 Å². The lowest BCUT2D eigenvalue weighted by Gasteiger charge is -2.29. The summed E-state index contributed by atoms with van der Waals surface area (Å²) in [4.78, 5) is 12.7. The van der Waals surface area contributed by atoms with Gasteiger partial charge in [0.05, 0.1) is 12.8 Å². The van der Waals surface area contributed by atoms with Gasteiger partial charge in [-0.05, 0) is 58.7 Å². The summed E-state index contributed by atoms with van der Waals surface area (Å²) in [5.74, 6) is 0.799. The first kappa shape index (κ1) is 18.0. The lowest BCUT2D eigenvalue weighted by molar-refractivity contribution is -0.125. The van der Waals surface area contributed by atoms with E-state index < -0.39 is 5.54 Å². The molecule has 0 aliphatic heterocycles. The lowest BCUT2D eigenvalue weighted by atomic mass is 9.94. The maximum Gasteiger partial charge on any atom is 0.245 e. The summed E-state index contributed by atoms with van der Waals surface area (Å²) >= 11 is 0. The van der Waals surface area contributed by atoms with E-state index in [1.807, 2.05) is 65.0 Å². The summed E-state index contributed by atoms with van der Waals surface area (Å²) in [6.07, 6.45) is 0.687. The van der Waals surface area contributed by atoms with E-state index in [2.05, 4.69) is 10.4 Å². The highest BCUT2D eigenvalue weighted by Crippen LogP contribution is 2.23. The van der Waals surface area contributed by atoms with Gasteiger partial charge in [0.1, 0.15) is 11.8 Å². The standard InChI is InChI=1S/C19H27N3O2/c1-13-11-14(2)22(21-13)15(3)18(23)20-19(4,5)12-16-9-7-8-10-17(16)24-6/h7-11,15H,12H2,1-6H3,(H,20,23). The number of methoxy groups -OCH3 is 1. The Morgan fingerprint density at radius 2 is 2.00 bits per heavy atom. The van der Waals surface area contributed by atoms with E-state index in [0.717, 1.165) is 22.7 Å². The predicted molar refractivity (Wildman–Crippen MR) is 95.3 cm³/mol. The maximum atomic E-state index is 12.7. The fourth-order valence-electron chi connectivity index (χ4n) is 2.96.